The van der Waals surface area contributed by atoms with Gasteiger partial charge in [0.05, 0.1) is 0 Å². The van der Waals surface area contributed by atoms with E-state index in [1.165, 1.54) is 0 Å². The lowest BCUT2D eigenvalue weighted by Crippen LogP contribution is -2.45. The van der Waals surface area contributed by atoms with Crippen molar-refractivity contribution in [2.75, 3.05) is 6.61 Å². The van der Waals surface area contributed by atoms with Crippen LogP contribution < -0.4 is 10.9 Å². The summed E-state index contributed by atoms with van der Waals surface area (Å²) >= 11 is 0. The van der Waals surface area contributed by atoms with Crippen LogP contribution in [0, 0.1) is 19.3 Å². The van der Waals surface area contributed by atoms with Gasteiger partial charge >= 0.3 is 0 Å². The molecule has 112 valence electrons. The fourth-order valence-corrected chi connectivity index (χ4v) is 2.22. The number of aromatic amines is 1. The quantitative estimate of drug-likeness (QED) is 0.782. The first-order valence-electron chi connectivity index (χ1n) is 6.79. The maximum atomic E-state index is 12.3. The summed E-state index contributed by atoms with van der Waals surface area (Å²) < 4.78 is 0. The van der Waals surface area contributed by atoms with Gasteiger partial charge < -0.3 is 15.4 Å². The van der Waals surface area contributed by atoms with E-state index in [1.54, 1.807) is 19.9 Å². The predicted octanol–water partition coefficient (Wildman–Crippen LogP) is 1.52. The number of hydrogen-bond acceptors (Lipinski definition) is 3. The molecule has 3 N–H and O–H groups in total. The van der Waals surface area contributed by atoms with Gasteiger partial charge in [-0.15, -0.1) is 0 Å². The van der Waals surface area contributed by atoms with Gasteiger partial charge in [0, 0.05) is 18.3 Å². The molecule has 0 radical (unpaired) electrons. The number of pyridine rings is 1. The van der Waals surface area contributed by atoms with Gasteiger partial charge in [-0.3, -0.25) is 9.59 Å². The maximum Gasteiger partial charge on any atom is 0.261 e. The second-order valence-corrected chi connectivity index (χ2v) is 6.24. The average Bonchev–Trinajstić information content (AvgIpc) is 2.25. The molecule has 1 aromatic heterocycles. The van der Waals surface area contributed by atoms with Gasteiger partial charge in [-0.25, -0.2) is 0 Å². The van der Waals surface area contributed by atoms with Crippen LogP contribution in [0.1, 0.15) is 48.8 Å². The van der Waals surface area contributed by atoms with Gasteiger partial charge in [-0.2, -0.15) is 0 Å². The van der Waals surface area contributed by atoms with E-state index < -0.39 is 5.91 Å². The first-order chi connectivity index (χ1) is 9.16. The monoisotopic (exact) mass is 280 g/mol. The van der Waals surface area contributed by atoms with Crippen LogP contribution in [0.15, 0.2) is 10.9 Å². The van der Waals surface area contributed by atoms with E-state index in [1.807, 2.05) is 20.8 Å². The number of rotatable bonds is 4. The Kier molecular flexibility index (Phi) is 5.11. The zero-order chi connectivity index (χ0) is 15.5. The SMILES string of the molecule is Cc1cc(C)c(C(=O)NC(CCO)C(C)(C)C)c(=O)[nH]1. The van der Waals surface area contributed by atoms with E-state index in [0.717, 1.165) is 5.69 Å². The topological polar surface area (TPSA) is 82.2 Å². The van der Waals surface area contributed by atoms with Crippen LogP contribution in [0.5, 0.6) is 0 Å². The molecule has 5 heteroatoms. The number of aromatic nitrogens is 1. The zero-order valence-corrected chi connectivity index (χ0v) is 12.8. The van der Waals surface area contributed by atoms with Crippen molar-refractivity contribution in [2.45, 2.75) is 47.1 Å². The molecule has 1 unspecified atom stereocenters. The van der Waals surface area contributed by atoms with Crippen LogP contribution >= 0.6 is 0 Å². The van der Waals surface area contributed by atoms with E-state index in [-0.39, 0.29) is 29.2 Å². The standard InChI is InChI=1S/C15H24N2O3/c1-9-8-10(2)16-13(19)12(9)14(20)17-11(6-7-18)15(3,4)5/h8,11,18H,6-7H2,1-5H3,(H,16,19)(H,17,20). The summed E-state index contributed by atoms with van der Waals surface area (Å²) in [5, 5.41) is 12.0. The lowest BCUT2D eigenvalue weighted by molar-refractivity contribution is 0.0883. The van der Waals surface area contributed by atoms with E-state index in [0.29, 0.717) is 12.0 Å². The molecule has 1 amide bonds. The minimum atomic E-state index is -0.392. The fraction of sp³-hybridized carbons (Fsp3) is 0.600. The number of amides is 1. The summed E-state index contributed by atoms with van der Waals surface area (Å²) in [7, 11) is 0. The van der Waals surface area contributed by atoms with E-state index in [2.05, 4.69) is 10.3 Å². The Bertz CT molecular complexity index is 541. The second-order valence-electron chi connectivity index (χ2n) is 6.24. The van der Waals surface area contributed by atoms with Crippen molar-refractivity contribution in [3.05, 3.63) is 33.2 Å². The molecule has 0 saturated heterocycles. The lowest BCUT2D eigenvalue weighted by Gasteiger charge is -2.31. The minimum Gasteiger partial charge on any atom is -0.396 e. The second kappa shape index (κ2) is 6.22. The molecular formula is C15H24N2O3. The Labute approximate surface area is 119 Å². The third-order valence-electron chi connectivity index (χ3n) is 3.36. The highest BCUT2D eigenvalue weighted by Gasteiger charge is 2.27. The average molecular weight is 280 g/mol. The number of hydrogen-bond donors (Lipinski definition) is 3. The van der Waals surface area contributed by atoms with Crippen molar-refractivity contribution in [1.82, 2.24) is 10.3 Å². The number of carbonyl (C=O) groups is 1. The molecular weight excluding hydrogens is 256 g/mol. The molecule has 0 saturated carbocycles. The van der Waals surface area contributed by atoms with Gasteiger partial charge in [0.25, 0.3) is 11.5 Å². The zero-order valence-electron chi connectivity index (χ0n) is 12.8. The number of aryl methyl sites for hydroxylation is 2. The third kappa shape index (κ3) is 3.93. The maximum absolute atomic E-state index is 12.3. The van der Waals surface area contributed by atoms with Crippen molar-refractivity contribution in [3.63, 3.8) is 0 Å². The van der Waals surface area contributed by atoms with E-state index in [9.17, 15) is 9.59 Å². The third-order valence-corrected chi connectivity index (χ3v) is 3.36. The number of carbonyl (C=O) groups excluding carboxylic acids is 1. The van der Waals surface area contributed by atoms with Crippen LogP contribution in [0.25, 0.3) is 0 Å². The summed E-state index contributed by atoms with van der Waals surface area (Å²) in [5.74, 6) is -0.392. The first-order valence-corrected chi connectivity index (χ1v) is 6.79. The number of aliphatic hydroxyl groups is 1. The van der Waals surface area contributed by atoms with Crippen LogP contribution in [0.2, 0.25) is 0 Å². The fourth-order valence-electron chi connectivity index (χ4n) is 2.22. The Balaban J connectivity index is 3.04. The molecule has 0 spiro atoms. The molecule has 0 aromatic carbocycles. The molecule has 1 aromatic rings. The van der Waals surface area contributed by atoms with Gasteiger partial charge in [-0.05, 0) is 37.3 Å². The van der Waals surface area contributed by atoms with Crippen LogP contribution in [0.3, 0.4) is 0 Å². The Morgan fingerprint density at radius 1 is 1.40 bits per heavy atom. The molecule has 20 heavy (non-hydrogen) atoms. The van der Waals surface area contributed by atoms with Gasteiger partial charge in [0.15, 0.2) is 0 Å². The van der Waals surface area contributed by atoms with E-state index >= 15 is 0 Å². The summed E-state index contributed by atoms with van der Waals surface area (Å²) in [4.78, 5) is 26.9. The van der Waals surface area contributed by atoms with Crippen LogP contribution in [-0.4, -0.2) is 28.6 Å². The van der Waals surface area contributed by atoms with Crippen molar-refractivity contribution < 1.29 is 9.90 Å². The molecule has 0 bridgehead atoms. The van der Waals surface area contributed by atoms with Crippen molar-refractivity contribution >= 4 is 5.91 Å². The van der Waals surface area contributed by atoms with Gasteiger partial charge in [0.1, 0.15) is 5.56 Å². The highest BCUT2D eigenvalue weighted by molar-refractivity contribution is 5.95. The normalized spacial score (nSPS) is 13.1. The molecule has 1 atom stereocenters. The number of aliphatic hydroxyl groups excluding tert-OH is 1. The van der Waals surface area contributed by atoms with Crippen LogP contribution in [-0.2, 0) is 0 Å². The lowest BCUT2D eigenvalue weighted by atomic mass is 9.84. The van der Waals surface area contributed by atoms with Crippen LogP contribution in [0.4, 0.5) is 0 Å². The highest BCUT2D eigenvalue weighted by Crippen LogP contribution is 2.22. The number of nitrogens with one attached hydrogen (secondary N) is 2. The summed E-state index contributed by atoms with van der Waals surface area (Å²) in [6.45, 7) is 9.47. The Morgan fingerprint density at radius 2 is 2.00 bits per heavy atom. The van der Waals surface area contributed by atoms with Crippen molar-refractivity contribution in [1.29, 1.82) is 0 Å². The molecule has 1 rings (SSSR count). The van der Waals surface area contributed by atoms with Gasteiger partial charge in [0.2, 0.25) is 0 Å². The van der Waals surface area contributed by atoms with Crippen molar-refractivity contribution in [3.8, 4) is 0 Å². The first kappa shape index (κ1) is 16.4. The number of H-pyrrole nitrogens is 1. The molecule has 0 fully saturated rings. The summed E-state index contributed by atoms with van der Waals surface area (Å²) in [6, 6.07) is 1.58. The Morgan fingerprint density at radius 3 is 2.45 bits per heavy atom. The van der Waals surface area contributed by atoms with Crippen molar-refractivity contribution in [2.24, 2.45) is 5.41 Å². The minimum absolute atomic E-state index is 0.00848. The largest absolute Gasteiger partial charge is 0.396 e. The molecule has 0 aliphatic heterocycles. The predicted molar refractivity (Wildman–Crippen MR) is 78.9 cm³/mol. The Hall–Kier alpha value is -1.62. The molecule has 1 heterocycles. The molecule has 0 aliphatic rings. The van der Waals surface area contributed by atoms with Gasteiger partial charge in [-0.1, -0.05) is 20.8 Å². The molecule has 0 aliphatic carbocycles. The highest BCUT2D eigenvalue weighted by atomic mass is 16.3. The summed E-state index contributed by atoms with van der Waals surface area (Å²) in [6.07, 6.45) is 0.456. The molecule has 5 nitrogen and oxygen atoms in total. The van der Waals surface area contributed by atoms with E-state index in [4.69, 9.17) is 5.11 Å². The smallest absolute Gasteiger partial charge is 0.261 e. The summed E-state index contributed by atoms with van der Waals surface area (Å²) in [5.41, 5.74) is 0.954.